The third-order valence-electron chi connectivity index (χ3n) is 4.63. The number of carbonyl (C=O) groups is 1. The maximum atomic E-state index is 14.4. The van der Waals surface area contributed by atoms with Crippen LogP contribution in [0.1, 0.15) is 23.8 Å². The number of benzene rings is 1. The highest BCUT2D eigenvalue weighted by atomic mass is 35.5. The Morgan fingerprint density at radius 2 is 2.09 bits per heavy atom. The minimum Gasteiger partial charge on any atom is -0.404 e. The van der Waals surface area contributed by atoms with Crippen molar-refractivity contribution in [2.75, 3.05) is 25.0 Å². The van der Waals surface area contributed by atoms with Crippen LogP contribution >= 0.6 is 11.6 Å². The Balaban J connectivity index is 1.63. The minimum absolute atomic E-state index is 0.0889. The van der Waals surface area contributed by atoms with E-state index in [1.54, 1.807) is 6.08 Å². The van der Waals surface area contributed by atoms with Gasteiger partial charge in [0.25, 0.3) is 0 Å². The van der Waals surface area contributed by atoms with Crippen LogP contribution in [0.25, 0.3) is 5.57 Å². The standard InChI is InChI=1S/C20H18ClF4N3O4/c21-14-8-13(1-2-17(14)32-20(23,24)25)27-19(31)28-5-3-11(4-6-28)18-15(22)7-12(9-26-18)16(30)10-29/h1-3,7-9,16,29-30H,4-6,10H2,(H,27,31). The zero-order valence-electron chi connectivity index (χ0n) is 16.4. The van der Waals surface area contributed by atoms with Crippen molar-refractivity contribution in [1.82, 2.24) is 9.88 Å². The van der Waals surface area contributed by atoms with Crippen molar-refractivity contribution < 1.29 is 37.3 Å². The predicted molar refractivity (Wildman–Crippen MR) is 108 cm³/mol. The van der Waals surface area contributed by atoms with Crippen LogP contribution in [0, 0.1) is 5.82 Å². The quantitative estimate of drug-likeness (QED) is 0.565. The lowest BCUT2D eigenvalue weighted by molar-refractivity contribution is -0.274. The fraction of sp³-hybridized carbons (Fsp3) is 0.300. The lowest BCUT2D eigenvalue weighted by Gasteiger charge is -2.27. The first-order valence-electron chi connectivity index (χ1n) is 9.32. The number of anilines is 1. The number of carbonyl (C=O) groups excluding carboxylic acids is 1. The molecule has 1 aromatic heterocycles. The Kier molecular flexibility index (Phi) is 7.22. The summed E-state index contributed by atoms with van der Waals surface area (Å²) in [6.07, 6.45) is -2.91. The Hall–Kier alpha value is -2.89. The van der Waals surface area contributed by atoms with E-state index in [4.69, 9.17) is 16.7 Å². The molecule has 172 valence electrons. The lowest BCUT2D eigenvalue weighted by atomic mass is 10.0. The number of aromatic nitrogens is 1. The summed E-state index contributed by atoms with van der Waals surface area (Å²) >= 11 is 5.77. The molecule has 2 aromatic rings. The minimum atomic E-state index is -4.89. The smallest absolute Gasteiger partial charge is 0.404 e. The molecule has 0 saturated heterocycles. The Bertz CT molecular complexity index is 1030. The third kappa shape index (κ3) is 5.87. The van der Waals surface area contributed by atoms with E-state index in [2.05, 4.69) is 15.0 Å². The molecule has 0 fully saturated rings. The number of nitrogens with one attached hydrogen (secondary N) is 1. The van der Waals surface area contributed by atoms with Gasteiger partial charge >= 0.3 is 12.4 Å². The maximum Gasteiger partial charge on any atom is 0.573 e. The van der Waals surface area contributed by atoms with Crippen LogP contribution in [0.5, 0.6) is 5.75 Å². The van der Waals surface area contributed by atoms with Crippen LogP contribution in [-0.4, -0.2) is 52.2 Å². The van der Waals surface area contributed by atoms with Gasteiger partial charge in [0.1, 0.15) is 23.4 Å². The maximum absolute atomic E-state index is 14.4. The van der Waals surface area contributed by atoms with Gasteiger partial charge in [0.05, 0.1) is 11.6 Å². The molecule has 12 heteroatoms. The number of aliphatic hydroxyl groups is 2. The second-order valence-corrected chi connectivity index (χ2v) is 7.25. The summed E-state index contributed by atoms with van der Waals surface area (Å²) in [6, 6.07) is 3.92. The first-order chi connectivity index (χ1) is 15.1. The van der Waals surface area contributed by atoms with Crippen molar-refractivity contribution in [2.24, 2.45) is 0 Å². The number of hydrogen-bond acceptors (Lipinski definition) is 5. The average Bonchev–Trinajstić information content (AvgIpc) is 2.74. The van der Waals surface area contributed by atoms with E-state index >= 15 is 0 Å². The van der Waals surface area contributed by atoms with Gasteiger partial charge < -0.3 is 25.2 Å². The Morgan fingerprint density at radius 1 is 1.34 bits per heavy atom. The van der Waals surface area contributed by atoms with Gasteiger partial charge in [0, 0.05) is 30.5 Å². The normalized spacial score (nSPS) is 15.2. The van der Waals surface area contributed by atoms with Crippen LogP contribution in [0.2, 0.25) is 5.02 Å². The highest BCUT2D eigenvalue weighted by molar-refractivity contribution is 6.32. The van der Waals surface area contributed by atoms with Crippen molar-refractivity contribution in [3.8, 4) is 5.75 Å². The molecule has 0 aliphatic carbocycles. The lowest BCUT2D eigenvalue weighted by Crippen LogP contribution is -2.38. The van der Waals surface area contributed by atoms with E-state index in [0.717, 1.165) is 18.2 Å². The van der Waals surface area contributed by atoms with Crippen molar-refractivity contribution in [3.63, 3.8) is 0 Å². The average molecular weight is 476 g/mol. The number of ether oxygens (including phenoxy) is 1. The van der Waals surface area contributed by atoms with E-state index in [9.17, 15) is 27.5 Å². The van der Waals surface area contributed by atoms with E-state index in [1.807, 2.05) is 0 Å². The molecule has 1 unspecified atom stereocenters. The number of pyridine rings is 1. The number of halogens is 5. The molecule has 1 aromatic carbocycles. The molecular weight excluding hydrogens is 458 g/mol. The first kappa shape index (κ1) is 23.8. The monoisotopic (exact) mass is 475 g/mol. The molecule has 2 heterocycles. The van der Waals surface area contributed by atoms with Crippen molar-refractivity contribution in [2.45, 2.75) is 18.9 Å². The van der Waals surface area contributed by atoms with Gasteiger partial charge in [0.2, 0.25) is 0 Å². The van der Waals surface area contributed by atoms with Crippen LogP contribution in [0.4, 0.5) is 28.0 Å². The summed E-state index contributed by atoms with van der Waals surface area (Å²) in [7, 11) is 0. The molecule has 1 atom stereocenters. The topological polar surface area (TPSA) is 94.9 Å². The number of rotatable bonds is 5. The summed E-state index contributed by atoms with van der Waals surface area (Å²) < 4.78 is 55.1. The van der Waals surface area contributed by atoms with Gasteiger partial charge in [-0.25, -0.2) is 9.18 Å². The number of amides is 2. The van der Waals surface area contributed by atoms with Gasteiger partial charge in [-0.3, -0.25) is 4.98 Å². The third-order valence-corrected chi connectivity index (χ3v) is 4.92. The summed E-state index contributed by atoms with van der Waals surface area (Å²) in [5.74, 6) is -1.25. The number of urea groups is 1. The van der Waals surface area contributed by atoms with Gasteiger partial charge in [-0.15, -0.1) is 13.2 Å². The van der Waals surface area contributed by atoms with Gasteiger partial charge in [-0.1, -0.05) is 17.7 Å². The zero-order valence-corrected chi connectivity index (χ0v) is 17.1. The molecule has 32 heavy (non-hydrogen) atoms. The van der Waals surface area contributed by atoms with Crippen LogP contribution < -0.4 is 10.1 Å². The molecule has 1 aliphatic rings. The number of nitrogens with zero attached hydrogens (tertiary/aromatic N) is 2. The molecule has 1 aliphatic heterocycles. The summed E-state index contributed by atoms with van der Waals surface area (Å²) in [5.41, 5.74) is 0.991. The van der Waals surface area contributed by atoms with E-state index in [1.165, 1.54) is 17.2 Å². The Labute approximate surface area is 184 Å². The van der Waals surface area contributed by atoms with Gasteiger partial charge in [0.15, 0.2) is 0 Å². The van der Waals surface area contributed by atoms with E-state index in [-0.39, 0.29) is 35.1 Å². The summed E-state index contributed by atoms with van der Waals surface area (Å²) in [6.45, 7) is -0.175. The Morgan fingerprint density at radius 3 is 2.66 bits per heavy atom. The highest BCUT2D eigenvalue weighted by Crippen LogP contribution is 2.32. The first-order valence-corrected chi connectivity index (χ1v) is 9.70. The molecule has 2 amide bonds. The fourth-order valence-corrected chi connectivity index (χ4v) is 3.25. The van der Waals surface area contributed by atoms with Crippen LogP contribution in [0.15, 0.2) is 36.5 Å². The van der Waals surface area contributed by atoms with Crippen molar-refractivity contribution in [1.29, 1.82) is 0 Å². The molecule has 0 bridgehead atoms. The van der Waals surface area contributed by atoms with Crippen molar-refractivity contribution >= 4 is 28.9 Å². The second kappa shape index (κ2) is 9.72. The summed E-state index contributed by atoms with van der Waals surface area (Å²) in [5, 5.41) is 20.7. The molecule has 7 nitrogen and oxygen atoms in total. The molecule has 3 N–H and O–H groups in total. The number of aliphatic hydroxyl groups excluding tert-OH is 2. The molecule has 0 spiro atoms. The van der Waals surface area contributed by atoms with Crippen molar-refractivity contribution in [3.05, 3.63) is 58.6 Å². The largest absolute Gasteiger partial charge is 0.573 e. The SMILES string of the molecule is O=C(Nc1ccc(OC(F)(F)F)c(Cl)c1)N1CC=C(c2ncc(C(O)CO)cc2F)CC1. The van der Waals surface area contributed by atoms with Crippen LogP contribution in [-0.2, 0) is 0 Å². The van der Waals surface area contributed by atoms with Gasteiger partial charge in [-0.05, 0) is 36.3 Å². The molecule has 0 radical (unpaired) electrons. The number of alkyl halides is 3. The molecule has 3 rings (SSSR count). The molecular formula is C20H18ClF4N3O4. The van der Waals surface area contributed by atoms with E-state index in [0.29, 0.717) is 12.0 Å². The second-order valence-electron chi connectivity index (χ2n) is 6.85. The van der Waals surface area contributed by atoms with Crippen LogP contribution in [0.3, 0.4) is 0 Å². The fourth-order valence-electron chi connectivity index (χ4n) is 3.03. The summed E-state index contributed by atoms with van der Waals surface area (Å²) in [4.78, 5) is 17.9. The predicted octanol–water partition coefficient (Wildman–Crippen LogP) is 4.12. The molecule has 0 saturated carbocycles. The zero-order chi connectivity index (χ0) is 23.5. The van der Waals surface area contributed by atoms with Gasteiger partial charge in [-0.2, -0.15) is 0 Å². The highest BCUT2D eigenvalue weighted by Gasteiger charge is 2.32. The number of hydrogen-bond donors (Lipinski definition) is 3. The van der Waals surface area contributed by atoms with E-state index < -0.39 is 36.7 Å².